The lowest BCUT2D eigenvalue weighted by molar-refractivity contribution is 0.102. The zero-order valence-electron chi connectivity index (χ0n) is 19.3. The van der Waals surface area contributed by atoms with Gasteiger partial charge in [-0.2, -0.15) is 0 Å². The molecule has 0 saturated carbocycles. The molecular formula is C26H25N3O3S2. The summed E-state index contributed by atoms with van der Waals surface area (Å²) in [6.45, 7) is 8.03. The van der Waals surface area contributed by atoms with E-state index in [-0.39, 0.29) is 16.1 Å². The summed E-state index contributed by atoms with van der Waals surface area (Å²) < 4.78 is 28.2. The van der Waals surface area contributed by atoms with Crippen molar-refractivity contribution in [2.45, 2.75) is 32.6 Å². The third-order valence-electron chi connectivity index (χ3n) is 5.41. The highest BCUT2D eigenvalue weighted by atomic mass is 32.2. The molecule has 0 radical (unpaired) electrons. The van der Waals surface area contributed by atoms with Crippen LogP contribution in [0.2, 0.25) is 0 Å². The molecule has 0 unspecified atom stereocenters. The van der Waals surface area contributed by atoms with Crippen LogP contribution in [-0.4, -0.2) is 19.3 Å². The first-order chi connectivity index (χ1) is 16.1. The van der Waals surface area contributed by atoms with Crippen molar-refractivity contribution in [3.05, 3.63) is 93.9 Å². The van der Waals surface area contributed by atoms with Crippen LogP contribution < -0.4 is 10.0 Å². The van der Waals surface area contributed by atoms with E-state index < -0.39 is 15.9 Å². The van der Waals surface area contributed by atoms with E-state index in [4.69, 9.17) is 0 Å². The Balaban J connectivity index is 1.57. The van der Waals surface area contributed by atoms with Crippen molar-refractivity contribution >= 4 is 38.1 Å². The minimum atomic E-state index is -3.85. The number of nitrogens with one attached hydrogen (secondary N) is 2. The summed E-state index contributed by atoms with van der Waals surface area (Å²) in [6.07, 6.45) is 0. The van der Waals surface area contributed by atoms with Crippen LogP contribution in [0, 0.1) is 27.7 Å². The molecule has 0 aliphatic rings. The zero-order chi connectivity index (χ0) is 24.5. The van der Waals surface area contributed by atoms with Crippen LogP contribution in [0.1, 0.15) is 32.6 Å². The number of aryl methyl sites for hydroxylation is 4. The largest absolute Gasteiger partial charge is 0.298 e. The monoisotopic (exact) mass is 491 g/mol. The first-order valence-electron chi connectivity index (χ1n) is 10.7. The molecule has 0 aliphatic carbocycles. The lowest BCUT2D eigenvalue weighted by Gasteiger charge is -2.12. The Hall–Kier alpha value is -3.49. The molecule has 1 heterocycles. The molecule has 0 aliphatic heterocycles. The van der Waals surface area contributed by atoms with Crippen molar-refractivity contribution in [3.8, 4) is 11.3 Å². The van der Waals surface area contributed by atoms with Gasteiger partial charge in [0.2, 0.25) is 0 Å². The van der Waals surface area contributed by atoms with Gasteiger partial charge >= 0.3 is 0 Å². The molecule has 0 saturated heterocycles. The molecule has 6 nitrogen and oxygen atoms in total. The summed E-state index contributed by atoms with van der Waals surface area (Å²) in [4.78, 5) is 17.8. The second kappa shape index (κ2) is 9.40. The van der Waals surface area contributed by atoms with E-state index in [0.29, 0.717) is 5.13 Å². The Morgan fingerprint density at radius 3 is 2.21 bits per heavy atom. The number of anilines is 2. The molecule has 8 heteroatoms. The molecule has 3 aromatic carbocycles. The summed E-state index contributed by atoms with van der Waals surface area (Å²) in [5.41, 5.74) is 6.63. The molecule has 1 amide bonds. The number of sulfonamides is 1. The predicted molar refractivity (Wildman–Crippen MR) is 138 cm³/mol. The van der Waals surface area contributed by atoms with E-state index in [9.17, 15) is 13.2 Å². The number of para-hydroxylation sites is 1. The van der Waals surface area contributed by atoms with Crippen molar-refractivity contribution in [1.29, 1.82) is 0 Å². The van der Waals surface area contributed by atoms with Gasteiger partial charge in [0.15, 0.2) is 5.13 Å². The molecule has 34 heavy (non-hydrogen) atoms. The smallest absolute Gasteiger partial charge is 0.261 e. The highest BCUT2D eigenvalue weighted by molar-refractivity contribution is 7.92. The van der Waals surface area contributed by atoms with Crippen molar-refractivity contribution < 1.29 is 13.2 Å². The van der Waals surface area contributed by atoms with Gasteiger partial charge in [-0.15, -0.1) is 11.3 Å². The average Bonchev–Trinajstić information content (AvgIpc) is 3.21. The Kier molecular flexibility index (Phi) is 6.54. The van der Waals surface area contributed by atoms with E-state index >= 15 is 0 Å². The summed E-state index contributed by atoms with van der Waals surface area (Å²) in [6, 6.07) is 17.2. The standard InChI is InChI=1S/C26H25N3O3S2/c1-16-9-11-20(12-10-16)34(31,32)29-22-8-6-5-7-21(22)25(30)28-26-27-23(15-33-26)24-18(3)13-17(2)14-19(24)4/h5-15,29H,1-4H3,(H,27,28,30). The van der Waals surface area contributed by atoms with Crippen LogP contribution >= 0.6 is 11.3 Å². The molecule has 4 aromatic rings. The SMILES string of the molecule is Cc1ccc(S(=O)(=O)Nc2ccccc2C(=O)Nc2nc(-c3c(C)cc(C)cc3C)cs2)cc1. The quantitative estimate of drug-likeness (QED) is 0.341. The van der Waals surface area contributed by atoms with Gasteiger partial charge in [-0.1, -0.05) is 47.5 Å². The van der Waals surface area contributed by atoms with Crippen LogP contribution in [0.5, 0.6) is 0 Å². The number of amides is 1. The van der Waals surface area contributed by atoms with Crippen molar-refractivity contribution in [2.24, 2.45) is 0 Å². The molecule has 0 spiro atoms. The van der Waals surface area contributed by atoms with Crippen LogP contribution in [0.15, 0.2) is 70.9 Å². The predicted octanol–water partition coefficient (Wildman–Crippen LogP) is 6.10. The number of aromatic nitrogens is 1. The molecule has 1 aromatic heterocycles. The first kappa shape index (κ1) is 23.7. The number of benzene rings is 3. The fourth-order valence-corrected chi connectivity index (χ4v) is 5.66. The summed E-state index contributed by atoms with van der Waals surface area (Å²) in [7, 11) is -3.85. The molecule has 4 rings (SSSR count). The first-order valence-corrected chi connectivity index (χ1v) is 13.0. The minimum Gasteiger partial charge on any atom is -0.298 e. The van der Waals surface area contributed by atoms with E-state index in [0.717, 1.165) is 27.9 Å². The zero-order valence-corrected chi connectivity index (χ0v) is 21.0. The van der Waals surface area contributed by atoms with Crippen molar-refractivity contribution in [2.75, 3.05) is 10.0 Å². The second-order valence-electron chi connectivity index (χ2n) is 8.23. The van der Waals surface area contributed by atoms with E-state index in [2.05, 4.69) is 34.1 Å². The van der Waals surface area contributed by atoms with Crippen LogP contribution in [0.3, 0.4) is 0 Å². The Morgan fingerprint density at radius 1 is 0.882 bits per heavy atom. The summed E-state index contributed by atoms with van der Waals surface area (Å²) in [5, 5.41) is 5.16. The van der Waals surface area contributed by atoms with Crippen molar-refractivity contribution in [3.63, 3.8) is 0 Å². The maximum Gasteiger partial charge on any atom is 0.261 e. The summed E-state index contributed by atoms with van der Waals surface area (Å²) >= 11 is 1.32. The molecular weight excluding hydrogens is 466 g/mol. The molecule has 0 atom stereocenters. The minimum absolute atomic E-state index is 0.127. The molecule has 0 fully saturated rings. The topological polar surface area (TPSA) is 88.2 Å². The molecule has 174 valence electrons. The molecule has 0 bridgehead atoms. The van der Waals surface area contributed by atoms with Gasteiger partial charge in [0.05, 0.1) is 21.8 Å². The highest BCUT2D eigenvalue weighted by Gasteiger charge is 2.20. The fraction of sp³-hybridized carbons (Fsp3) is 0.154. The maximum absolute atomic E-state index is 13.0. The number of nitrogens with zero attached hydrogens (tertiary/aromatic N) is 1. The van der Waals surface area contributed by atoms with Gasteiger partial charge < -0.3 is 0 Å². The van der Waals surface area contributed by atoms with Gasteiger partial charge in [-0.05, 0) is 63.1 Å². The summed E-state index contributed by atoms with van der Waals surface area (Å²) in [5.74, 6) is -0.444. The Morgan fingerprint density at radius 2 is 1.53 bits per heavy atom. The number of hydrogen-bond acceptors (Lipinski definition) is 5. The Bertz CT molecular complexity index is 1450. The second-order valence-corrected chi connectivity index (χ2v) is 10.8. The number of rotatable bonds is 6. The van der Waals surface area contributed by atoms with Crippen LogP contribution in [-0.2, 0) is 10.0 Å². The number of carbonyl (C=O) groups is 1. The Labute approximate surface area is 203 Å². The third-order valence-corrected chi connectivity index (χ3v) is 7.54. The average molecular weight is 492 g/mol. The van der Waals surface area contributed by atoms with Gasteiger partial charge in [-0.25, -0.2) is 13.4 Å². The lowest BCUT2D eigenvalue weighted by Crippen LogP contribution is -2.18. The van der Waals surface area contributed by atoms with Gasteiger partial charge in [0.25, 0.3) is 15.9 Å². The number of carbonyl (C=O) groups excluding carboxylic acids is 1. The van der Waals surface area contributed by atoms with E-state index in [1.165, 1.54) is 29.0 Å². The van der Waals surface area contributed by atoms with Crippen LogP contribution in [0.25, 0.3) is 11.3 Å². The lowest BCUT2D eigenvalue weighted by atomic mass is 9.98. The molecule has 2 N–H and O–H groups in total. The van der Waals surface area contributed by atoms with Crippen molar-refractivity contribution in [1.82, 2.24) is 4.98 Å². The third kappa shape index (κ3) is 5.03. The highest BCUT2D eigenvalue weighted by Crippen LogP contribution is 2.31. The van der Waals surface area contributed by atoms with E-state index in [1.54, 1.807) is 36.4 Å². The van der Waals surface area contributed by atoms with Gasteiger partial charge in [0.1, 0.15) is 0 Å². The maximum atomic E-state index is 13.0. The fourth-order valence-electron chi connectivity index (χ4n) is 3.89. The van der Waals surface area contributed by atoms with Gasteiger partial charge in [0, 0.05) is 10.9 Å². The van der Waals surface area contributed by atoms with E-state index in [1.807, 2.05) is 26.2 Å². The van der Waals surface area contributed by atoms with Gasteiger partial charge in [-0.3, -0.25) is 14.8 Å². The number of thiazole rings is 1. The number of hydrogen-bond donors (Lipinski definition) is 2. The normalized spacial score (nSPS) is 11.3. The van der Waals surface area contributed by atoms with Crippen LogP contribution in [0.4, 0.5) is 10.8 Å².